The van der Waals surface area contributed by atoms with Crippen LogP contribution in [0, 0.1) is 0 Å². The Balaban J connectivity index is 1.92. The highest BCUT2D eigenvalue weighted by molar-refractivity contribution is 6.35. The number of hydrogen-bond acceptors (Lipinski definition) is 4. The number of aromatic nitrogens is 4. The number of carbonyl (C=O) groups excluding carboxylic acids is 1. The Bertz CT molecular complexity index is 945. The molecule has 2 N–H and O–H groups in total. The van der Waals surface area contributed by atoms with E-state index in [0.29, 0.717) is 24.5 Å². The number of amides is 1. The number of nitrogens with zero attached hydrogens (tertiary/aromatic N) is 4. The molecule has 0 radical (unpaired) electrons. The molecular weight excluding hydrogens is 330 g/mol. The predicted molar refractivity (Wildman–Crippen MR) is 89.5 cm³/mol. The van der Waals surface area contributed by atoms with Crippen molar-refractivity contribution >= 4 is 28.4 Å². The predicted octanol–water partition coefficient (Wildman–Crippen LogP) is 1.49. The number of hydrogen-bond donors (Lipinski definition) is 2. The summed E-state index contributed by atoms with van der Waals surface area (Å²) in [5.41, 5.74) is 4.36. The fraction of sp³-hybridized carbons (Fsp3) is 0.312. The quantitative estimate of drug-likeness (QED) is 0.736. The number of aromatic amines is 1. The molecular formula is C16H16ClN5O2. The third kappa shape index (κ3) is 2.28. The summed E-state index contributed by atoms with van der Waals surface area (Å²) in [6.45, 7) is 0.517. The van der Waals surface area contributed by atoms with Gasteiger partial charge in [0.05, 0.1) is 10.5 Å². The first-order valence-corrected chi connectivity index (χ1v) is 8.03. The van der Waals surface area contributed by atoms with E-state index in [0.717, 1.165) is 33.5 Å². The molecule has 3 aromatic rings. The Hall–Kier alpha value is -2.38. The highest BCUT2D eigenvalue weighted by Gasteiger charge is 2.26. The van der Waals surface area contributed by atoms with Gasteiger partial charge in [-0.1, -0.05) is 11.6 Å². The molecule has 0 aliphatic carbocycles. The fourth-order valence-corrected chi connectivity index (χ4v) is 3.42. The summed E-state index contributed by atoms with van der Waals surface area (Å²) in [7, 11) is 1.85. The Kier molecular flexibility index (Phi) is 3.54. The van der Waals surface area contributed by atoms with Gasteiger partial charge in [0, 0.05) is 55.6 Å². The summed E-state index contributed by atoms with van der Waals surface area (Å²) >= 11 is 6.33. The number of aliphatic hydroxyl groups is 1. The molecule has 0 aromatic carbocycles. The number of aliphatic hydroxyl groups excluding tert-OH is 1. The maximum atomic E-state index is 11.9. The highest BCUT2D eigenvalue weighted by atomic mass is 35.5. The van der Waals surface area contributed by atoms with Gasteiger partial charge in [-0.3, -0.25) is 14.5 Å². The summed E-state index contributed by atoms with van der Waals surface area (Å²) in [6.07, 6.45) is 4.17. The second-order valence-corrected chi connectivity index (χ2v) is 6.29. The molecule has 0 saturated heterocycles. The molecule has 1 amide bonds. The molecule has 24 heavy (non-hydrogen) atoms. The van der Waals surface area contributed by atoms with E-state index in [1.54, 1.807) is 15.8 Å². The van der Waals surface area contributed by atoms with Gasteiger partial charge in [-0.05, 0) is 6.07 Å². The monoisotopic (exact) mass is 345 g/mol. The lowest BCUT2D eigenvalue weighted by Crippen LogP contribution is -2.37. The van der Waals surface area contributed by atoms with Crippen LogP contribution in [-0.2, 0) is 24.8 Å². The molecule has 1 aliphatic rings. The van der Waals surface area contributed by atoms with Gasteiger partial charge >= 0.3 is 0 Å². The van der Waals surface area contributed by atoms with Gasteiger partial charge in [0.15, 0.2) is 0 Å². The van der Waals surface area contributed by atoms with Gasteiger partial charge in [-0.2, -0.15) is 5.10 Å². The maximum absolute atomic E-state index is 11.9. The molecule has 0 saturated carbocycles. The van der Waals surface area contributed by atoms with Crippen LogP contribution >= 0.6 is 11.6 Å². The molecule has 7 nitrogen and oxygen atoms in total. The Morgan fingerprint density at radius 3 is 3.04 bits per heavy atom. The van der Waals surface area contributed by atoms with E-state index in [1.165, 1.54) is 0 Å². The van der Waals surface area contributed by atoms with E-state index in [4.69, 9.17) is 16.7 Å². The van der Waals surface area contributed by atoms with Crippen molar-refractivity contribution in [3.63, 3.8) is 0 Å². The SMILES string of the molecule is Cn1ccc(-c2ncc(Cl)c3[nH]c4c(c23)CN(C(=O)CO)CC4)n1. The lowest BCUT2D eigenvalue weighted by Gasteiger charge is -2.26. The van der Waals surface area contributed by atoms with Crippen LogP contribution in [0.3, 0.4) is 0 Å². The van der Waals surface area contributed by atoms with Crippen molar-refractivity contribution in [3.8, 4) is 11.4 Å². The summed E-state index contributed by atoms with van der Waals surface area (Å²) in [4.78, 5) is 21.4. The van der Waals surface area contributed by atoms with Crippen LogP contribution in [-0.4, -0.2) is 48.8 Å². The smallest absolute Gasteiger partial charge is 0.248 e. The van der Waals surface area contributed by atoms with Crippen LogP contribution in [0.25, 0.3) is 22.3 Å². The summed E-state index contributed by atoms with van der Waals surface area (Å²) in [5, 5.41) is 15.0. The zero-order valence-corrected chi connectivity index (χ0v) is 13.8. The minimum atomic E-state index is -0.482. The van der Waals surface area contributed by atoms with Crippen molar-refractivity contribution in [2.75, 3.05) is 13.2 Å². The highest BCUT2D eigenvalue weighted by Crippen LogP contribution is 2.36. The van der Waals surface area contributed by atoms with Crippen LogP contribution in [0.15, 0.2) is 18.5 Å². The van der Waals surface area contributed by atoms with Gasteiger partial charge in [-0.25, -0.2) is 0 Å². The van der Waals surface area contributed by atoms with Gasteiger partial charge in [0.2, 0.25) is 5.91 Å². The maximum Gasteiger partial charge on any atom is 0.248 e. The fourth-order valence-electron chi connectivity index (χ4n) is 3.23. The second-order valence-electron chi connectivity index (χ2n) is 5.88. The zero-order chi connectivity index (χ0) is 16.8. The molecule has 124 valence electrons. The van der Waals surface area contributed by atoms with Gasteiger partial charge < -0.3 is 15.0 Å². The largest absolute Gasteiger partial charge is 0.387 e. The van der Waals surface area contributed by atoms with Crippen LogP contribution in [0.1, 0.15) is 11.3 Å². The average molecular weight is 346 g/mol. The van der Waals surface area contributed by atoms with Crippen LogP contribution in [0.4, 0.5) is 0 Å². The number of nitrogens with one attached hydrogen (secondary N) is 1. The Labute approximate surface area is 142 Å². The van der Waals surface area contributed by atoms with Crippen molar-refractivity contribution in [1.29, 1.82) is 0 Å². The van der Waals surface area contributed by atoms with Crippen molar-refractivity contribution < 1.29 is 9.90 Å². The molecule has 4 rings (SSSR count). The van der Waals surface area contributed by atoms with E-state index < -0.39 is 6.61 Å². The van der Waals surface area contributed by atoms with E-state index in [9.17, 15) is 4.79 Å². The Morgan fingerprint density at radius 2 is 2.33 bits per heavy atom. The number of fused-ring (bicyclic) bond motifs is 3. The zero-order valence-electron chi connectivity index (χ0n) is 13.1. The third-order valence-corrected chi connectivity index (χ3v) is 4.69. The lowest BCUT2D eigenvalue weighted by molar-refractivity contribution is -0.135. The van der Waals surface area contributed by atoms with E-state index in [-0.39, 0.29) is 5.91 Å². The first kappa shape index (κ1) is 15.2. The van der Waals surface area contributed by atoms with Crippen molar-refractivity contribution in [1.82, 2.24) is 24.6 Å². The number of H-pyrrole nitrogens is 1. The normalized spacial score (nSPS) is 14.2. The summed E-state index contributed by atoms with van der Waals surface area (Å²) in [6, 6.07) is 1.90. The average Bonchev–Trinajstić information content (AvgIpc) is 3.18. The number of carbonyl (C=O) groups is 1. The standard InChI is InChI=1S/C16H16ClN5O2/c1-21-4-2-12(20-21)16-14-9-7-22(13(24)8-23)5-3-11(9)19-15(14)10(17)6-18-16/h2,4,6,19,23H,3,5,7-8H2,1H3. The number of halogens is 1. The first-order chi connectivity index (χ1) is 11.6. The molecule has 8 heteroatoms. The van der Waals surface area contributed by atoms with Crippen molar-refractivity contribution in [2.24, 2.45) is 7.05 Å². The molecule has 0 unspecified atom stereocenters. The van der Waals surface area contributed by atoms with Gasteiger partial charge in [0.1, 0.15) is 18.0 Å². The summed E-state index contributed by atoms with van der Waals surface area (Å²) in [5.74, 6) is -0.274. The molecule has 3 aromatic heterocycles. The molecule has 0 spiro atoms. The van der Waals surface area contributed by atoms with Gasteiger partial charge in [-0.15, -0.1) is 0 Å². The third-order valence-electron chi connectivity index (χ3n) is 4.40. The minimum absolute atomic E-state index is 0.274. The van der Waals surface area contributed by atoms with E-state index in [2.05, 4.69) is 15.1 Å². The number of pyridine rings is 1. The number of rotatable bonds is 2. The van der Waals surface area contributed by atoms with E-state index >= 15 is 0 Å². The minimum Gasteiger partial charge on any atom is -0.387 e. The lowest BCUT2D eigenvalue weighted by atomic mass is 10.0. The molecule has 0 fully saturated rings. The molecule has 1 aliphatic heterocycles. The van der Waals surface area contributed by atoms with Crippen LogP contribution in [0.5, 0.6) is 0 Å². The molecule has 0 bridgehead atoms. The topological polar surface area (TPSA) is 87.0 Å². The molecule has 0 atom stereocenters. The molecule has 4 heterocycles. The van der Waals surface area contributed by atoms with Crippen LogP contribution < -0.4 is 0 Å². The number of aryl methyl sites for hydroxylation is 1. The first-order valence-electron chi connectivity index (χ1n) is 7.65. The van der Waals surface area contributed by atoms with Gasteiger partial charge in [0.25, 0.3) is 0 Å². The summed E-state index contributed by atoms with van der Waals surface area (Å²) < 4.78 is 1.72. The van der Waals surface area contributed by atoms with Crippen molar-refractivity contribution in [3.05, 3.63) is 34.7 Å². The second kappa shape index (κ2) is 5.61. The Morgan fingerprint density at radius 1 is 1.50 bits per heavy atom. The van der Waals surface area contributed by atoms with Crippen LogP contribution in [0.2, 0.25) is 5.02 Å². The van der Waals surface area contributed by atoms with E-state index in [1.807, 2.05) is 19.3 Å². The van der Waals surface area contributed by atoms with Crippen molar-refractivity contribution in [2.45, 2.75) is 13.0 Å².